The molecule has 0 unspecified atom stereocenters. The van der Waals surface area contributed by atoms with E-state index in [-0.39, 0.29) is 36.4 Å². The molecule has 0 radical (unpaired) electrons. The van der Waals surface area contributed by atoms with Crippen LogP contribution in [-0.4, -0.2) is 49.8 Å². The molecule has 1 aromatic carbocycles. The summed E-state index contributed by atoms with van der Waals surface area (Å²) in [5.41, 5.74) is 1.55. The molecule has 0 bridgehead atoms. The van der Waals surface area contributed by atoms with Gasteiger partial charge in [0.25, 0.3) is 5.91 Å². The van der Waals surface area contributed by atoms with Crippen LogP contribution in [0.2, 0.25) is 0 Å². The van der Waals surface area contributed by atoms with Crippen molar-refractivity contribution in [2.45, 2.75) is 13.0 Å². The second kappa shape index (κ2) is 10.1. The zero-order valence-electron chi connectivity index (χ0n) is 15.5. The number of nitrogens with one attached hydrogen (secondary N) is 3. The summed E-state index contributed by atoms with van der Waals surface area (Å²) in [5, 5.41) is 8.21. The van der Waals surface area contributed by atoms with Crippen LogP contribution in [0.4, 0.5) is 5.69 Å². The minimum Gasteiger partial charge on any atom is -0.459 e. The SMILES string of the molecule is CN(C)CC(=O)Nc1cccc(CNC(=O)CCNC(=O)c2ccco2)c1. The zero-order valence-corrected chi connectivity index (χ0v) is 15.5. The fourth-order valence-corrected chi connectivity index (χ4v) is 2.32. The van der Waals surface area contributed by atoms with E-state index in [1.165, 1.54) is 6.26 Å². The van der Waals surface area contributed by atoms with Crippen LogP contribution in [0.5, 0.6) is 0 Å². The van der Waals surface area contributed by atoms with Gasteiger partial charge in [0, 0.05) is 25.2 Å². The minimum absolute atomic E-state index is 0.103. The molecule has 3 amide bonds. The van der Waals surface area contributed by atoms with Gasteiger partial charge in [-0.2, -0.15) is 0 Å². The number of likely N-dealkylation sites (N-methyl/N-ethyl adjacent to an activating group) is 1. The van der Waals surface area contributed by atoms with Gasteiger partial charge in [-0.05, 0) is 43.9 Å². The summed E-state index contributed by atoms with van der Waals surface area (Å²) < 4.78 is 4.97. The molecule has 1 heterocycles. The van der Waals surface area contributed by atoms with Crippen LogP contribution < -0.4 is 16.0 Å². The minimum atomic E-state index is -0.353. The summed E-state index contributed by atoms with van der Waals surface area (Å²) in [7, 11) is 3.64. The number of anilines is 1. The van der Waals surface area contributed by atoms with Gasteiger partial charge >= 0.3 is 0 Å². The first-order chi connectivity index (χ1) is 12.9. The smallest absolute Gasteiger partial charge is 0.286 e. The Morgan fingerprint density at radius 1 is 1.04 bits per heavy atom. The molecule has 0 fully saturated rings. The van der Waals surface area contributed by atoms with Crippen molar-refractivity contribution in [2.24, 2.45) is 0 Å². The lowest BCUT2D eigenvalue weighted by Crippen LogP contribution is -2.30. The first-order valence-corrected chi connectivity index (χ1v) is 8.56. The monoisotopic (exact) mass is 372 g/mol. The maximum Gasteiger partial charge on any atom is 0.286 e. The molecular weight excluding hydrogens is 348 g/mol. The maximum absolute atomic E-state index is 11.9. The van der Waals surface area contributed by atoms with Gasteiger partial charge in [0.05, 0.1) is 12.8 Å². The third-order valence-electron chi connectivity index (χ3n) is 3.54. The van der Waals surface area contributed by atoms with E-state index in [0.29, 0.717) is 18.8 Å². The highest BCUT2D eigenvalue weighted by Gasteiger charge is 2.09. The molecule has 0 atom stereocenters. The van der Waals surface area contributed by atoms with Crippen LogP contribution >= 0.6 is 0 Å². The van der Waals surface area contributed by atoms with E-state index in [9.17, 15) is 14.4 Å². The Kier molecular flexibility index (Phi) is 7.57. The van der Waals surface area contributed by atoms with Gasteiger partial charge in [-0.1, -0.05) is 12.1 Å². The number of hydrogen-bond donors (Lipinski definition) is 3. The second-order valence-corrected chi connectivity index (χ2v) is 6.25. The molecule has 3 N–H and O–H groups in total. The van der Waals surface area contributed by atoms with Crippen molar-refractivity contribution in [3.05, 3.63) is 54.0 Å². The van der Waals surface area contributed by atoms with Crippen molar-refractivity contribution >= 4 is 23.4 Å². The lowest BCUT2D eigenvalue weighted by Gasteiger charge is -2.11. The summed E-state index contributed by atoms with van der Waals surface area (Å²) >= 11 is 0. The Morgan fingerprint density at radius 3 is 2.56 bits per heavy atom. The zero-order chi connectivity index (χ0) is 19.6. The van der Waals surface area contributed by atoms with Crippen molar-refractivity contribution in [1.82, 2.24) is 15.5 Å². The third-order valence-corrected chi connectivity index (χ3v) is 3.54. The maximum atomic E-state index is 11.9. The molecule has 0 aliphatic heterocycles. The molecule has 8 nitrogen and oxygen atoms in total. The van der Waals surface area contributed by atoms with E-state index in [1.807, 2.05) is 32.3 Å². The molecule has 144 valence electrons. The average molecular weight is 372 g/mol. The van der Waals surface area contributed by atoms with Crippen molar-refractivity contribution in [3.63, 3.8) is 0 Å². The molecule has 0 saturated carbocycles. The number of benzene rings is 1. The number of furan rings is 1. The van der Waals surface area contributed by atoms with Crippen LogP contribution in [0.1, 0.15) is 22.5 Å². The van der Waals surface area contributed by atoms with Gasteiger partial charge in [0.1, 0.15) is 0 Å². The topological polar surface area (TPSA) is 104 Å². The highest BCUT2D eigenvalue weighted by atomic mass is 16.3. The van der Waals surface area contributed by atoms with Crippen molar-refractivity contribution in [1.29, 1.82) is 0 Å². The number of rotatable bonds is 9. The molecule has 8 heteroatoms. The lowest BCUT2D eigenvalue weighted by molar-refractivity contribution is -0.121. The fourth-order valence-electron chi connectivity index (χ4n) is 2.32. The van der Waals surface area contributed by atoms with Crippen LogP contribution in [-0.2, 0) is 16.1 Å². The number of amides is 3. The summed E-state index contributed by atoms with van der Waals surface area (Å²) in [6, 6.07) is 10.5. The highest BCUT2D eigenvalue weighted by molar-refractivity contribution is 5.92. The number of carbonyl (C=O) groups is 3. The molecule has 0 aliphatic rings. The van der Waals surface area contributed by atoms with E-state index in [2.05, 4.69) is 16.0 Å². The fraction of sp³-hybridized carbons (Fsp3) is 0.316. The summed E-state index contributed by atoms with van der Waals surface area (Å²) in [6.45, 7) is 0.846. The van der Waals surface area contributed by atoms with E-state index in [0.717, 1.165) is 5.56 Å². The highest BCUT2D eigenvalue weighted by Crippen LogP contribution is 2.10. The molecule has 0 aliphatic carbocycles. The Balaban J connectivity index is 1.72. The van der Waals surface area contributed by atoms with E-state index >= 15 is 0 Å². The molecule has 0 saturated heterocycles. The second-order valence-electron chi connectivity index (χ2n) is 6.25. The predicted octanol–water partition coefficient (Wildman–Crippen LogP) is 1.22. The standard InChI is InChI=1S/C19H24N4O4/c1-23(2)13-18(25)22-15-6-3-5-14(11-15)12-21-17(24)8-9-20-19(26)16-7-4-10-27-16/h3-7,10-11H,8-9,12-13H2,1-2H3,(H,20,26)(H,21,24)(H,22,25). The third kappa shape index (κ3) is 7.33. The van der Waals surface area contributed by atoms with Crippen molar-refractivity contribution in [3.8, 4) is 0 Å². The molecule has 2 rings (SSSR count). The molecule has 27 heavy (non-hydrogen) atoms. The summed E-state index contributed by atoms with van der Waals surface area (Å²) in [4.78, 5) is 37.2. The summed E-state index contributed by atoms with van der Waals surface area (Å²) in [5.74, 6) is -0.428. The van der Waals surface area contributed by atoms with Crippen LogP contribution in [0.25, 0.3) is 0 Å². The van der Waals surface area contributed by atoms with Crippen LogP contribution in [0, 0.1) is 0 Å². The number of nitrogens with zero attached hydrogens (tertiary/aromatic N) is 1. The molecule has 1 aromatic heterocycles. The molecule has 2 aromatic rings. The van der Waals surface area contributed by atoms with Crippen LogP contribution in [0.3, 0.4) is 0 Å². The van der Waals surface area contributed by atoms with Crippen molar-refractivity contribution < 1.29 is 18.8 Å². The normalized spacial score (nSPS) is 10.5. The van der Waals surface area contributed by atoms with E-state index in [4.69, 9.17) is 4.42 Å². The number of hydrogen-bond acceptors (Lipinski definition) is 5. The van der Waals surface area contributed by atoms with Gasteiger partial charge in [-0.3, -0.25) is 14.4 Å². The van der Waals surface area contributed by atoms with E-state index in [1.54, 1.807) is 23.1 Å². The Morgan fingerprint density at radius 2 is 1.85 bits per heavy atom. The van der Waals surface area contributed by atoms with Crippen LogP contribution in [0.15, 0.2) is 47.1 Å². The van der Waals surface area contributed by atoms with Gasteiger partial charge < -0.3 is 25.3 Å². The molecular formula is C19H24N4O4. The van der Waals surface area contributed by atoms with Gasteiger partial charge in [-0.25, -0.2) is 0 Å². The summed E-state index contributed by atoms with van der Waals surface area (Å²) in [6.07, 6.45) is 1.57. The first kappa shape index (κ1) is 20.2. The predicted molar refractivity (Wildman–Crippen MR) is 101 cm³/mol. The Bertz CT molecular complexity index is 772. The quantitative estimate of drug-likeness (QED) is 0.614. The van der Waals surface area contributed by atoms with Gasteiger partial charge in [0.15, 0.2) is 5.76 Å². The van der Waals surface area contributed by atoms with Gasteiger partial charge in [-0.15, -0.1) is 0 Å². The lowest BCUT2D eigenvalue weighted by atomic mass is 10.2. The first-order valence-electron chi connectivity index (χ1n) is 8.56. The average Bonchev–Trinajstić information content (AvgIpc) is 3.14. The Hall–Kier alpha value is -3.13. The largest absolute Gasteiger partial charge is 0.459 e. The van der Waals surface area contributed by atoms with E-state index < -0.39 is 0 Å². The number of carbonyl (C=O) groups excluding carboxylic acids is 3. The molecule has 0 spiro atoms. The van der Waals surface area contributed by atoms with Gasteiger partial charge in [0.2, 0.25) is 11.8 Å². The Labute approximate surface area is 157 Å². The van der Waals surface area contributed by atoms with Crippen molar-refractivity contribution in [2.75, 3.05) is 32.5 Å².